The van der Waals surface area contributed by atoms with Crippen LogP contribution < -0.4 is 36.5 Å². The molecule has 8 aromatic heterocycles. The van der Waals surface area contributed by atoms with Gasteiger partial charge in [-0.2, -0.15) is 22.8 Å². The van der Waals surface area contributed by atoms with Crippen molar-refractivity contribution in [3.63, 3.8) is 0 Å². The second kappa shape index (κ2) is 45.4. The van der Waals surface area contributed by atoms with E-state index in [0.717, 1.165) is 44.9 Å². The molecule has 8 heterocycles. The summed E-state index contributed by atoms with van der Waals surface area (Å²) in [7, 11) is 15.8. The van der Waals surface area contributed by atoms with Gasteiger partial charge in [-0.25, -0.2) is 13.7 Å². The maximum absolute atomic E-state index is 7.74. The third-order valence-electron chi connectivity index (χ3n) is 24.2. The molecule has 0 saturated heterocycles. The van der Waals surface area contributed by atoms with Crippen LogP contribution in [0.15, 0.2) is 292 Å². The van der Waals surface area contributed by atoms with Gasteiger partial charge in [0.15, 0.2) is 47.1 Å². The van der Waals surface area contributed by atoms with Gasteiger partial charge in [0.2, 0.25) is 45.6 Å². The van der Waals surface area contributed by atoms with E-state index < -0.39 is 41.1 Å². The largest absolute Gasteiger partial charge is 0.215 e. The lowest BCUT2D eigenvalue weighted by atomic mass is 9.97. The summed E-state index contributed by atoms with van der Waals surface area (Å²) >= 11 is 0. The minimum Gasteiger partial charge on any atom is -0.201 e. The van der Waals surface area contributed by atoms with Crippen molar-refractivity contribution in [1.29, 1.82) is 0 Å². The van der Waals surface area contributed by atoms with Crippen molar-refractivity contribution in [2.45, 2.75) is 166 Å². The molecule has 0 spiro atoms. The quantitative estimate of drug-likeness (QED) is 0.136. The Labute approximate surface area is 795 Å². The predicted molar refractivity (Wildman–Crippen MR) is 538 cm³/mol. The molecule has 0 atom stereocenters. The SMILES string of the molecule is Cc1ccc(-c2cccc(C)[n+]2C)c(C)c1.Cc1ccc(C)c(-c2cccc(C)[n+]2C)c1.Cc1cccc(-c2cccc(C)[n+]2C)c1C.Cc1cccc(C)c1-c1c(C)ccc[n+]1C.[2H]C([2H])([2H])c1ccc(-c2cccc(C)[n+]2C)c(C)c1.[2H]C([2H])([2H])c1ccc(C)c(-c2c(C([2H])([2H])[2H])ccc[n+]2C)c1.[2H]C([2H])([2H])c1cccc(-c2cccc(C)c2C)[n+]1C.[2H]C([2H])([2H])c1cccc(C)c1-c1c(C([2H])([2H])[2H])ccc[n+]1C. The van der Waals surface area contributed by atoms with E-state index in [9.17, 15) is 0 Å². The molecule has 0 bridgehead atoms. The van der Waals surface area contributed by atoms with Crippen molar-refractivity contribution in [3.05, 3.63) is 426 Å². The number of rotatable bonds is 8. The lowest BCUT2D eigenvalue weighted by Gasteiger charge is -2.09. The lowest BCUT2D eigenvalue weighted by Crippen LogP contribution is -2.34. The Morgan fingerprint density at radius 3 is 0.891 bits per heavy atom. The van der Waals surface area contributed by atoms with Crippen molar-refractivity contribution in [2.75, 3.05) is 0 Å². The normalized spacial score (nSPS) is 13.2. The van der Waals surface area contributed by atoms with E-state index in [4.69, 9.17) is 24.7 Å². The number of aromatic nitrogens is 8. The zero-order valence-corrected chi connectivity index (χ0v) is 80.3. The van der Waals surface area contributed by atoms with Crippen LogP contribution >= 0.6 is 0 Å². The number of aryl methyl sites for hydroxylation is 25. The Balaban J connectivity index is 0.000000186. The molecule has 0 radical (unpaired) electrons. The third kappa shape index (κ3) is 24.8. The van der Waals surface area contributed by atoms with Crippen LogP contribution in [0.5, 0.6) is 0 Å². The van der Waals surface area contributed by atoms with Gasteiger partial charge in [0.05, 0.1) is 11.1 Å². The second-order valence-electron chi connectivity index (χ2n) is 33.7. The van der Waals surface area contributed by atoms with Gasteiger partial charge in [0, 0.05) is 188 Å². The summed E-state index contributed by atoms with van der Waals surface area (Å²) < 4.78 is 153. The molecule has 128 heavy (non-hydrogen) atoms. The summed E-state index contributed by atoms with van der Waals surface area (Å²) in [6.45, 7) is 24.4. The van der Waals surface area contributed by atoms with Crippen molar-refractivity contribution in [1.82, 2.24) is 0 Å². The fourth-order valence-corrected chi connectivity index (χ4v) is 15.9. The van der Waals surface area contributed by atoms with Crippen LogP contribution in [0.3, 0.4) is 0 Å². The molecule has 0 fully saturated rings. The van der Waals surface area contributed by atoms with E-state index in [1.54, 1.807) is 127 Å². The van der Waals surface area contributed by atoms with E-state index >= 15 is 0 Å². The van der Waals surface area contributed by atoms with Crippen molar-refractivity contribution in [2.24, 2.45) is 56.4 Å². The third-order valence-corrected chi connectivity index (χ3v) is 24.2. The molecule has 8 nitrogen and oxygen atoms in total. The maximum atomic E-state index is 7.74. The highest BCUT2D eigenvalue weighted by molar-refractivity contribution is 5.71. The molecular weight excluding hydrogens is 1550 g/mol. The smallest absolute Gasteiger partial charge is 0.201 e. The molecule has 0 aliphatic rings. The molecule has 0 N–H and O–H groups in total. The minimum atomic E-state index is -2.32. The maximum Gasteiger partial charge on any atom is 0.215 e. The Hall–Kier alpha value is -13.0. The topological polar surface area (TPSA) is 31.0 Å². The van der Waals surface area contributed by atoms with Crippen LogP contribution in [-0.2, 0) is 56.4 Å². The summed E-state index contributed by atoms with van der Waals surface area (Å²) in [5.74, 6) is 0. The molecule has 0 aliphatic heterocycles. The van der Waals surface area contributed by atoms with E-state index in [0.29, 0.717) is 33.8 Å². The highest BCUT2D eigenvalue weighted by Crippen LogP contribution is 2.32. The van der Waals surface area contributed by atoms with Crippen LogP contribution in [0.25, 0.3) is 90.1 Å². The number of nitrogens with zero attached hydrogens (tertiary/aromatic N) is 8. The average molecular weight is 1720 g/mol. The van der Waals surface area contributed by atoms with E-state index in [1.165, 1.54) is 135 Å². The van der Waals surface area contributed by atoms with Gasteiger partial charge in [-0.1, -0.05) is 131 Å². The highest BCUT2D eigenvalue weighted by Gasteiger charge is 2.23. The molecule has 656 valence electrons. The average Bonchev–Trinajstić information content (AvgIpc) is 0.760. The first-order valence-electron chi connectivity index (χ1n) is 52.5. The number of hydrogen-bond acceptors (Lipinski definition) is 0. The highest BCUT2D eigenvalue weighted by atomic mass is 15.0. The summed E-state index contributed by atoms with van der Waals surface area (Å²) in [6.07, 6.45) is 5.58. The summed E-state index contributed by atoms with van der Waals surface area (Å²) in [5, 5.41) is 0. The van der Waals surface area contributed by atoms with Crippen molar-refractivity contribution >= 4 is 0 Å². The van der Waals surface area contributed by atoms with Gasteiger partial charge in [-0.05, 0) is 283 Å². The van der Waals surface area contributed by atoms with Crippen LogP contribution in [0, 0.1) is 166 Å². The molecule has 16 rings (SSSR count). The summed E-state index contributed by atoms with van der Waals surface area (Å²) in [5.41, 5.74) is 40.1. The Morgan fingerprint density at radius 2 is 0.469 bits per heavy atom. The first kappa shape index (κ1) is 75.1. The zero-order chi connectivity index (χ0) is 109. The molecule has 8 heteroatoms. The molecule has 0 unspecified atom stereocenters. The van der Waals surface area contributed by atoms with E-state index in [-0.39, 0.29) is 22.3 Å². The molecule has 8 aromatic carbocycles. The number of benzene rings is 8. The van der Waals surface area contributed by atoms with Gasteiger partial charge in [-0.15, -0.1) is 0 Å². The van der Waals surface area contributed by atoms with E-state index in [1.807, 2.05) is 57.3 Å². The van der Waals surface area contributed by atoms with Crippen LogP contribution in [0.2, 0.25) is 0 Å². The first-order valence-corrected chi connectivity index (χ1v) is 43.5. The van der Waals surface area contributed by atoms with Crippen molar-refractivity contribution in [3.8, 4) is 90.1 Å². The molecule has 0 amide bonds. The zero-order valence-electron chi connectivity index (χ0n) is 98.3. The van der Waals surface area contributed by atoms with Gasteiger partial charge >= 0.3 is 0 Å². The minimum absolute atomic E-state index is 0.150. The lowest BCUT2D eigenvalue weighted by molar-refractivity contribution is -0.666. The van der Waals surface area contributed by atoms with Gasteiger partial charge in [0.1, 0.15) is 56.4 Å². The molecular formula is C120H144N8+8. The van der Waals surface area contributed by atoms with Crippen molar-refractivity contribution < 1.29 is 61.2 Å². The molecule has 16 aromatic rings. The standard InChI is InChI=1S/8C15H18N/c2*1-11-7-5-9-14(13(11)3)15-10-6-8-12(2)16(15)4;2*1-11-7-5-8-12(2)14(11)15-13(3)9-6-10-16(15)4;1-11-7-8-12(2)14(10-11)15-13(3)6-5-9-16(15)4;2*1-11-8-9-14(12(2)10-11)15-7-5-6-13(3)16(15)4;1-11-8-9-12(2)14(10-11)15-7-5-6-13(3)16(15)4/h8*5-10H,1-4H3/q8*+1/i2D3;;1D3,3D3;;1D3,3D3;1D3;;. The van der Waals surface area contributed by atoms with Gasteiger partial charge in [0.25, 0.3) is 0 Å². The second-order valence-corrected chi connectivity index (χ2v) is 33.7. The van der Waals surface area contributed by atoms with Crippen LogP contribution in [0.4, 0.5) is 0 Å². The summed E-state index contributed by atoms with van der Waals surface area (Å²) in [6, 6.07) is 88.9. The first-order chi connectivity index (χ1) is 68.1. The Bertz CT molecular complexity index is 7070. The van der Waals surface area contributed by atoms with Crippen LogP contribution in [-0.4, -0.2) is 0 Å². The van der Waals surface area contributed by atoms with Crippen LogP contribution in [0.1, 0.15) is 159 Å². The Morgan fingerprint density at radius 1 is 0.180 bits per heavy atom. The Kier molecular flexibility index (Phi) is 26.7. The number of hydrogen-bond donors (Lipinski definition) is 0. The van der Waals surface area contributed by atoms with Gasteiger partial charge in [-0.3, -0.25) is 0 Å². The van der Waals surface area contributed by atoms with Gasteiger partial charge < -0.3 is 0 Å². The number of pyridine rings is 8. The molecule has 0 saturated carbocycles. The molecule has 0 aliphatic carbocycles. The fourth-order valence-electron chi connectivity index (χ4n) is 15.9. The summed E-state index contributed by atoms with van der Waals surface area (Å²) in [4.78, 5) is 0. The van der Waals surface area contributed by atoms with E-state index in [2.05, 4.69) is 313 Å². The predicted octanol–water partition coefficient (Wildman–Crippen LogP) is 24.8. The fraction of sp³-hybridized carbons (Fsp3) is 0.267. The monoisotopic (exact) mass is 1720 g/mol.